The first-order chi connectivity index (χ1) is 10.1. The van der Waals surface area contributed by atoms with Gasteiger partial charge in [0.15, 0.2) is 0 Å². The number of aliphatic carboxylic acids is 1. The molecule has 2 aliphatic rings. The third-order valence-corrected chi connectivity index (χ3v) is 4.52. The van der Waals surface area contributed by atoms with Gasteiger partial charge in [0.25, 0.3) is 11.8 Å². The molecule has 1 heterocycles. The molecule has 1 aromatic carbocycles. The lowest BCUT2D eigenvalue weighted by Crippen LogP contribution is -2.40. The van der Waals surface area contributed by atoms with Crippen LogP contribution in [0.2, 0.25) is 0 Å². The van der Waals surface area contributed by atoms with Crippen molar-refractivity contribution in [2.45, 2.75) is 25.7 Å². The average Bonchev–Trinajstić information content (AvgIpc) is 2.73. The molecule has 2 atom stereocenters. The number of carboxylic acid groups (broad SMARTS) is 1. The van der Waals surface area contributed by atoms with Crippen LogP contribution in [0.15, 0.2) is 24.3 Å². The van der Waals surface area contributed by atoms with Crippen molar-refractivity contribution < 1.29 is 19.5 Å². The predicted molar refractivity (Wildman–Crippen MR) is 74.9 cm³/mol. The highest BCUT2D eigenvalue weighted by molar-refractivity contribution is 6.21. The summed E-state index contributed by atoms with van der Waals surface area (Å²) in [5.41, 5.74) is 0.843. The van der Waals surface area contributed by atoms with Gasteiger partial charge in [0, 0.05) is 6.54 Å². The number of carbonyl (C=O) groups excluding carboxylic acids is 2. The molecule has 0 saturated heterocycles. The Hall–Kier alpha value is -2.17. The highest BCUT2D eigenvalue weighted by Gasteiger charge is 2.39. The third kappa shape index (κ3) is 2.33. The molecule has 1 fully saturated rings. The van der Waals surface area contributed by atoms with Crippen molar-refractivity contribution in [1.82, 2.24) is 4.90 Å². The van der Waals surface area contributed by atoms with E-state index in [2.05, 4.69) is 0 Å². The Bertz CT molecular complexity index is 575. The Morgan fingerprint density at radius 3 is 2.24 bits per heavy atom. The average molecular weight is 287 g/mol. The van der Waals surface area contributed by atoms with Crippen LogP contribution < -0.4 is 0 Å². The van der Waals surface area contributed by atoms with Gasteiger partial charge in [-0.25, -0.2) is 0 Å². The van der Waals surface area contributed by atoms with Crippen LogP contribution in [0.1, 0.15) is 46.4 Å². The van der Waals surface area contributed by atoms with Gasteiger partial charge in [-0.05, 0) is 30.9 Å². The summed E-state index contributed by atoms with van der Waals surface area (Å²) in [6.45, 7) is 0.212. The smallest absolute Gasteiger partial charge is 0.306 e. The number of benzene rings is 1. The Balaban J connectivity index is 1.81. The number of rotatable bonds is 3. The highest BCUT2D eigenvalue weighted by Crippen LogP contribution is 2.33. The molecular formula is C16H17NO4. The van der Waals surface area contributed by atoms with Crippen molar-refractivity contribution in [3.8, 4) is 0 Å². The van der Waals surface area contributed by atoms with Crippen LogP contribution in [0.25, 0.3) is 0 Å². The number of carbonyl (C=O) groups is 3. The summed E-state index contributed by atoms with van der Waals surface area (Å²) >= 11 is 0. The predicted octanol–water partition coefficient (Wildman–Crippen LogP) is 2.17. The molecule has 1 aliphatic heterocycles. The standard InChI is InChI=1S/C16H17NO4/c18-14-12-7-3-4-8-13(12)15(19)17(14)9-10-5-1-2-6-11(10)16(20)21/h3-4,7-8,10-11H,1-2,5-6,9H2,(H,20,21)/t10-,11-/m0/s1. The summed E-state index contributed by atoms with van der Waals surface area (Å²) in [5.74, 6) is -2.02. The molecular weight excluding hydrogens is 270 g/mol. The zero-order valence-corrected chi connectivity index (χ0v) is 11.6. The number of carboxylic acids is 1. The molecule has 110 valence electrons. The highest BCUT2D eigenvalue weighted by atomic mass is 16.4. The first-order valence-electron chi connectivity index (χ1n) is 7.27. The van der Waals surface area contributed by atoms with Gasteiger partial charge in [-0.1, -0.05) is 25.0 Å². The van der Waals surface area contributed by atoms with Crippen LogP contribution in [0.3, 0.4) is 0 Å². The molecule has 1 aromatic rings. The van der Waals surface area contributed by atoms with E-state index in [-0.39, 0.29) is 24.3 Å². The number of hydrogen-bond donors (Lipinski definition) is 1. The summed E-state index contributed by atoms with van der Waals surface area (Å²) in [6.07, 6.45) is 3.24. The fraction of sp³-hybridized carbons (Fsp3) is 0.438. The van der Waals surface area contributed by atoms with E-state index in [0.717, 1.165) is 19.3 Å². The molecule has 0 radical (unpaired) electrons. The monoisotopic (exact) mass is 287 g/mol. The van der Waals surface area contributed by atoms with E-state index in [1.54, 1.807) is 24.3 Å². The van der Waals surface area contributed by atoms with Gasteiger partial charge in [0.1, 0.15) is 0 Å². The van der Waals surface area contributed by atoms with Crippen LogP contribution in [-0.4, -0.2) is 34.3 Å². The number of fused-ring (bicyclic) bond motifs is 1. The molecule has 0 spiro atoms. The van der Waals surface area contributed by atoms with Crippen molar-refractivity contribution in [1.29, 1.82) is 0 Å². The molecule has 1 saturated carbocycles. The van der Waals surface area contributed by atoms with E-state index in [9.17, 15) is 19.5 Å². The quantitative estimate of drug-likeness (QED) is 0.865. The van der Waals surface area contributed by atoms with Gasteiger partial charge in [-0.2, -0.15) is 0 Å². The molecule has 2 amide bonds. The molecule has 1 N–H and O–H groups in total. The molecule has 1 aliphatic carbocycles. The molecule has 0 bridgehead atoms. The zero-order valence-electron chi connectivity index (χ0n) is 11.6. The largest absolute Gasteiger partial charge is 0.481 e. The van der Waals surface area contributed by atoms with E-state index in [0.29, 0.717) is 17.5 Å². The van der Waals surface area contributed by atoms with Gasteiger partial charge in [-0.15, -0.1) is 0 Å². The van der Waals surface area contributed by atoms with E-state index < -0.39 is 11.9 Å². The van der Waals surface area contributed by atoms with Gasteiger partial charge >= 0.3 is 5.97 Å². The minimum atomic E-state index is -0.823. The van der Waals surface area contributed by atoms with Crippen molar-refractivity contribution >= 4 is 17.8 Å². The number of imide groups is 1. The number of nitrogens with zero attached hydrogens (tertiary/aromatic N) is 1. The van der Waals surface area contributed by atoms with E-state index >= 15 is 0 Å². The maximum absolute atomic E-state index is 12.3. The van der Waals surface area contributed by atoms with E-state index in [1.807, 2.05) is 0 Å². The molecule has 0 aromatic heterocycles. The summed E-state index contributed by atoms with van der Waals surface area (Å²) < 4.78 is 0. The minimum Gasteiger partial charge on any atom is -0.481 e. The Labute approximate surface area is 122 Å². The SMILES string of the molecule is O=C(O)[C@H]1CCCC[C@H]1CN1C(=O)c2ccccc2C1=O. The zero-order chi connectivity index (χ0) is 15.0. The minimum absolute atomic E-state index is 0.140. The van der Waals surface area contributed by atoms with Gasteiger partial charge < -0.3 is 5.11 Å². The van der Waals surface area contributed by atoms with Crippen LogP contribution in [-0.2, 0) is 4.79 Å². The van der Waals surface area contributed by atoms with E-state index in [1.165, 1.54) is 4.90 Å². The lowest BCUT2D eigenvalue weighted by molar-refractivity contribution is -0.145. The summed E-state index contributed by atoms with van der Waals surface area (Å²) in [5, 5.41) is 9.30. The topological polar surface area (TPSA) is 74.7 Å². The number of amides is 2. The fourth-order valence-corrected chi connectivity index (χ4v) is 3.39. The summed E-state index contributed by atoms with van der Waals surface area (Å²) in [4.78, 5) is 37.2. The maximum Gasteiger partial charge on any atom is 0.306 e. The maximum atomic E-state index is 12.3. The van der Waals surface area contributed by atoms with Gasteiger partial charge in [0.2, 0.25) is 0 Å². The third-order valence-electron chi connectivity index (χ3n) is 4.52. The van der Waals surface area contributed by atoms with Crippen molar-refractivity contribution in [3.05, 3.63) is 35.4 Å². The summed E-state index contributed by atoms with van der Waals surface area (Å²) in [7, 11) is 0. The van der Waals surface area contributed by atoms with Crippen LogP contribution in [0.5, 0.6) is 0 Å². The lowest BCUT2D eigenvalue weighted by atomic mass is 9.79. The lowest BCUT2D eigenvalue weighted by Gasteiger charge is -2.31. The molecule has 5 nitrogen and oxygen atoms in total. The Kier molecular flexibility index (Phi) is 3.49. The van der Waals surface area contributed by atoms with Crippen molar-refractivity contribution in [3.63, 3.8) is 0 Å². The molecule has 21 heavy (non-hydrogen) atoms. The fourth-order valence-electron chi connectivity index (χ4n) is 3.39. The second-order valence-corrected chi connectivity index (χ2v) is 5.76. The molecule has 5 heteroatoms. The molecule has 0 unspecified atom stereocenters. The van der Waals surface area contributed by atoms with Crippen LogP contribution >= 0.6 is 0 Å². The normalized spacial score (nSPS) is 25.0. The van der Waals surface area contributed by atoms with E-state index in [4.69, 9.17) is 0 Å². The van der Waals surface area contributed by atoms with Crippen molar-refractivity contribution in [2.75, 3.05) is 6.54 Å². The van der Waals surface area contributed by atoms with Gasteiger partial charge in [0.05, 0.1) is 17.0 Å². The summed E-state index contributed by atoms with van der Waals surface area (Å²) in [6, 6.07) is 6.75. The molecule has 3 rings (SSSR count). The Morgan fingerprint density at radius 2 is 1.67 bits per heavy atom. The first kappa shape index (κ1) is 13.8. The first-order valence-corrected chi connectivity index (χ1v) is 7.27. The van der Waals surface area contributed by atoms with Crippen molar-refractivity contribution in [2.24, 2.45) is 11.8 Å². The Morgan fingerprint density at radius 1 is 1.10 bits per heavy atom. The van der Waals surface area contributed by atoms with Crippen LogP contribution in [0.4, 0.5) is 0 Å². The van der Waals surface area contributed by atoms with Crippen LogP contribution in [0, 0.1) is 11.8 Å². The second kappa shape index (κ2) is 5.31. The number of hydrogen-bond acceptors (Lipinski definition) is 3. The van der Waals surface area contributed by atoms with Gasteiger partial charge in [-0.3, -0.25) is 19.3 Å². The second-order valence-electron chi connectivity index (χ2n) is 5.76.